The van der Waals surface area contributed by atoms with Gasteiger partial charge in [0.25, 0.3) is 0 Å². The zero-order valence-corrected chi connectivity index (χ0v) is 28.1. The molecule has 8 rings (SSSR count). The van der Waals surface area contributed by atoms with Gasteiger partial charge < -0.3 is 4.90 Å². The first-order valence-corrected chi connectivity index (χ1v) is 17.0. The lowest BCUT2D eigenvalue weighted by molar-refractivity contribution is 0.628. The Labute approximate surface area is 302 Å². The van der Waals surface area contributed by atoms with Crippen LogP contribution in [0, 0.1) is 17.1 Å². The Morgan fingerprint density at radius 3 is 1.52 bits per heavy atom. The number of hydrogen-bond acceptors (Lipinski definition) is 4. The molecule has 2 aromatic heterocycles. The third kappa shape index (κ3) is 6.69. The third-order valence-electron chi connectivity index (χ3n) is 9.00. The molecule has 246 valence electrons. The maximum atomic E-state index is 15.9. The summed E-state index contributed by atoms with van der Waals surface area (Å²) in [6.45, 7) is 0. The van der Waals surface area contributed by atoms with Crippen LogP contribution in [0.5, 0.6) is 0 Å². The highest BCUT2D eigenvalue weighted by Crippen LogP contribution is 2.43. The van der Waals surface area contributed by atoms with E-state index in [9.17, 15) is 5.26 Å². The summed E-state index contributed by atoms with van der Waals surface area (Å²) >= 11 is 0. The Bertz CT molecular complexity index is 2540. The van der Waals surface area contributed by atoms with Crippen LogP contribution >= 0.6 is 0 Å². The molecule has 2 heterocycles. The quantitative estimate of drug-likeness (QED) is 0.161. The molecule has 4 nitrogen and oxygen atoms in total. The monoisotopic (exact) mass is 670 g/mol. The van der Waals surface area contributed by atoms with Crippen molar-refractivity contribution in [1.29, 1.82) is 5.26 Å². The number of aromatic nitrogens is 2. The normalized spacial score (nSPS) is 10.8. The molecule has 6 aromatic carbocycles. The van der Waals surface area contributed by atoms with E-state index in [1.54, 1.807) is 12.4 Å². The van der Waals surface area contributed by atoms with Gasteiger partial charge in [0.2, 0.25) is 0 Å². The molecule has 0 radical (unpaired) electrons. The van der Waals surface area contributed by atoms with Gasteiger partial charge in [-0.15, -0.1) is 0 Å². The van der Waals surface area contributed by atoms with Crippen molar-refractivity contribution in [3.63, 3.8) is 0 Å². The van der Waals surface area contributed by atoms with Crippen LogP contribution < -0.4 is 4.90 Å². The van der Waals surface area contributed by atoms with Gasteiger partial charge in [-0.2, -0.15) is 5.26 Å². The maximum Gasteiger partial charge on any atom is 0.125 e. The second-order valence-corrected chi connectivity index (χ2v) is 12.4. The summed E-state index contributed by atoms with van der Waals surface area (Å²) < 4.78 is 15.9. The van der Waals surface area contributed by atoms with Crippen molar-refractivity contribution in [1.82, 2.24) is 9.97 Å². The Balaban J connectivity index is 1.32. The van der Waals surface area contributed by atoms with E-state index in [0.717, 1.165) is 50.3 Å². The molecule has 5 heteroatoms. The van der Waals surface area contributed by atoms with Crippen molar-refractivity contribution in [2.75, 3.05) is 4.90 Å². The van der Waals surface area contributed by atoms with Crippen LogP contribution in [-0.2, 0) is 0 Å². The van der Waals surface area contributed by atoms with Gasteiger partial charge in [0, 0.05) is 40.5 Å². The van der Waals surface area contributed by atoms with Gasteiger partial charge in [0.15, 0.2) is 0 Å². The van der Waals surface area contributed by atoms with Crippen LogP contribution in [0.25, 0.3) is 55.9 Å². The number of halogens is 1. The van der Waals surface area contributed by atoms with Gasteiger partial charge >= 0.3 is 0 Å². The SMILES string of the molecule is N#Cc1cc(-c2cc(-c3ccccc3)ccn2)cc(N(c2cc(F)cc(-c3cc(-c4ccccc4)ccn3)c2)c2ccccc2-c2ccccc2)c1. The molecule has 0 aliphatic carbocycles. The molecule has 52 heavy (non-hydrogen) atoms. The topological polar surface area (TPSA) is 52.8 Å². The Morgan fingerprint density at radius 2 is 0.942 bits per heavy atom. The lowest BCUT2D eigenvalue weighted by Crippen LogP contribution is -2.12. The molecule has 8 aromatic rings. The first-order chi connectivity index (χ1) is 25.6. The van der Waals surface area contributed by atoms with Crippen LogP contribution in [0.2, 0.25) is 0 Å². The van der Waals surface area contributed by atoms with E-state index >= 15 is 4.39 Å². The maximum absolute atomic E-state index is 15.9. The van der Waals surface area contributed by atoms with Crippen LogP contribution in [0.15, 0.2) is 188 Å². The lowest BCUT2D eigenvalue weighted by Gasteiger charge is -2.29. The van der Waals surface area contributed by atoms with Crippen molar-refractivity contribution in [3.8, 4) is 62.0 Å². The standard InChI is InChI=1S/C47H31FN4/c48-41-26-40(46-30-38(21-23-51-46)35-14-6-2-7-15-35)28-43(31-41)52(47-19-11-10-18-44(47)36-16-8-3-9-17-36)42-25-33(32-49)24-39(27-42)45-29-37(20-22-50-45)34-12-4-1-5-13-34/h1-31H. The smallest absolute Gasteiger partial charge is 0.125 e. The summed E-state index contributed by atoms with van der Waals surface area (Å²) in [5.41, 5.74) is 11.4. The second kappa shape index (κ2) is 14.4. The molecule has 0 bridgehead atoms. The highest BCUT2D eigenvalue weighted by Gasteiger charge is 2.21. The van der Waals surface area contributed by atoms with E-state index in [4.69, 9.17) is 4.98 Å². The molecule has 0 saturated heterocycles. The van der Waals surface area contributed by atoms with Gasteiger partial charge in [0.1, 0.15) is 5.82 Å². The number of pyridine rings is 2. The van der Waals surface area contributed by atoms with E-state index in [-0.39, 0.29) is 0 Å². The Hall–Kier alpha value is -7.16. The number of rotatable bonds is 8. The van der Waals surface area contributed by atoms with E-state index in [1.165, 1.54) is 12.1 Å². The van der Waals surface area contributed by atoms with Crippen molar-refractivity contribution in [2.24, 2.45) is 0 Å². The number of anilines is 3. The van der Waals surface area contributed by atoms with E-state index < -0.39 is 5.82 Å². The molecule has 0 fully saturated rings. The average molecular weight is 671 g/mol. The molecule has 0 saturated carbocycles. The van der Waals surface area contributed by atoms with Crippen molar-refractivity contribution in [3.05, 3.63) is 200 Å². The number of nitrogens with zero attached hydrogens (tertiary/aromatic N) is 4. The van der Waals surface area contributed by atoms with Crippen molar-refractivity contribution < 1.29 is 4.39 Å². The fourth-order valence-corrected chi connectivity index (χ4v) is 6.56. The third-order valence-corrected chi connectivity index (χ3v) is 9.00. The summed E-state index contributed by atoms with van der Waals surface area (Å²) in [4.78, 5) is 11.4. The summed E-state index contributed by atoms with van der Waals surface area (Å²) in [6, 6.07) is 59.3. The van der Waals surface area contributed by atoms with Gasteiger partial charge in [-0.25, -0.2) is 4.39 Å². The molecule has 0 unspecified atom stereocenters. The fraction of sp³-hybridized carbons (Fsp3) is 0. The summed E-state index contributed by atoms with van der Waals surface area (Å²) in [7, 11) is 0. The Kier molecular flexibility index (Phi) is 8.86. The van der Waals surface area contributed by atoms with E-state index in [2.05, 4.69) is 41.4 Å². The summed E-state index contributed by atoms with van der Waals surface area (Å²) in [5, 5.41) is 10.3. The molecular formula is C47H31FN4. The van der Waals surface area contributed by atoms with E-state index in [0.29, 0.717) is 28.2 Å². The predicted molar refractivity (Wildman–Crippen MR) is 209 cm³/mol. The predicted octanol–water partition coefficient (Wildman–Crippen LogP) is 12.3. The van der Waals surface area contributed by atoms with Gasteiger partial charge in [-0.05, 0) is 94.5 Å². The fourth-order valence-electron chi connectivity index (χ4n) is 6.56. The zero-order valence-electron chi connectivity index (χ0n) is 28.1. The average Bonchev–Trinajstić information content (AvgIpc) is 3.22. The molecule has 0 spiro atoms. The van der Waals surface area contributed by atoms with Crippen molar-refractivity contribution >= 4 is 17.1 Å². The number of benzene rings is 6. The van der Waals surface area contributed by atoms with Crippen LogP contribution in [0.3, 0.4) is 0 Å². The van der Waals surface area contributed by atoms with Crippen LogP contribution in [-0.4, -0.2) is 9.97 Å². The molecule has 0 N–H and O–H groups in total. The first kappa shape index (κ1) is 32.1. The van der Waals surface area contributed by atoms with Crippen LogP contribution in [0.4, 0.5) is 21.5 Å². The summed E-state index contributed by atoms with van der Waals surface area (Å²) in [5.74, 6) is -0.407. The molecule has 0 atom stereocenters. The largest absolute Gasteiger partial charge is 0.310 e. The van der Waals surface area contributed by atoms with Gasteiger partial charge in [-0.3, -0.25) is 9.97 Å². The highest BCUT2D eigenvalue weighted by atomic mass is 19.1. The van der Waals surface area contributed by atoms with Gasteiger partial charge in [-0.1, -0.05) is 109 Å². The molecule has 0 aliphatic rings. The van der Waals surface area contributed by atoms with E-state index in [1.807, 2.05) is 138 Å². The second-order valence-electron chi connectivity index (χ2n) is 12.4. The number of para-hydroxylation sites is 1. The van der Waals surface area contributed by atoms with Crippen molar-refractivity contribution in [2.45, 2.75) is 0 Å². The summed E-state index contributed by atoms with van der Waals surface area (Å²) in [6.07, 6.45) is 3.54. The molecule has 0 amide bonds. The Morgan fingerprint density at radius 1 is 0.442 bits per heavy atom. The van der Waals surface area contributed by atoms with Crippen LogP contribution in [0.1, 0.15) is 5.56 Å². The lowest BCUT2D eigenvalue weighted by atomic mass is 9.99. The van der Waals surface area contributed by atoms with Gasteiger partial charge in [0.05, 0.1) is 28.7 Å². The zero-order chi connectivity index (χ0) is 35.3. The molecule has 0 aliphatic heterocycles. The highest BCUT2D eigenvalue weighted by molar-refractivity contribution is 5.90. The number of hydrogen-bond donors (Lipinski definition) is 0. The minimum atomic E-state index is -0.407. The minimum Gasteiger partial charge on any atom is -0.310 e. The minimum absolute atomic E-state index is 0.407. The molecular weight excluding hydrogens is 640 g/mol. The first-order valence-electron chi connectivity index (χ1n) is 17.0. The number of nitriles is 1.